The highest BCUT2D eigenvalue weighted by Crippen LogP contribution is 2.29. The van der Waals surface area contributed by atoms with Gasteiger partial charge in [-0.05, 0) is 22.3 Å². The molecule has 1 atom stereocenters. The van der Waals surface area contributed by atoms with Crippen molar-refractivity contribution in [1.29, 1.82) is 0 Å². The fourth-order valence-electron chi connectivity index (χ4n) is 3.00. The standard InChI is InChI=1S/C24H23NO2/c1-27-24(26)17-16-23(25-18-19-10-4-2-5-11-19)22-15-9-8-14-21(22)20-12-6-3-7-13-20/h2-17,23,25H,18H2,1H3/b17-16+/t23-/m1/s1. The number of esters is 1. The van der Waals surface area contributed by atoms with Crippen LogP contribution in [0.5, 0.6) is 0 Å². The van der Waals surface area contributed by atoms with Gasteiger partial charge in [0.2, 0.25) is 0 Å². The zero-order valence-corrected chi connectivity index (χ0v) is 15.3. The molecule has 0 saturated carbocycles. The van der Waals surface area contributed by atoms with Gasteiger partial charge in [0.05, 0.1) is 13.2 Å². The molecule has 27 heavy (non-hydrogen) atoms. The van der Waals surface area contributed by atoms with Crippen LogP contribution in [0.25, 0.3) is 11.1 Å². The number of ether oxygens (including phenoxy) is 1. The number of rotatable bonds is 7. The number of methoxy groups -OCH3 is 1. The molecule has 0 aliphatic carbocycles. The van der Waals surface area contributed by atoms with Crippen molar-refractivity contribution in [3.05, 3.63) is 108 Å². The Labute approximate surface area is 160 Å². The zero-order chi connectivity index (χ0) is 18.9. The maximum atomic E-state index is 11.6. The molecule has 3 aromatic rings. The van der Waals surface area contributed by atoms with Crippen LogP contribution < -0.4 is 5.32 Å². The van der Waals surface area contributed by atoms with Gasteiger partial charge in [-0.15, -0.1) is 0 Å². The van der Waals surface area contributed by atoms with Crippen LogP contribution in [0.1, 0.15) is 17.2 Å². The van der Waals surface area contributed by atoms with Crippen molar-refractivity contribution < 1.29 is 9.53 Å². The molecule has 136 valence electrons. The average Bonchev–Trinajstić information content (AvgIpc) is 2.75. The van der Waals surface area contributed by atoms with Crippen molar-refractivity contribution in [2.75, 3.05) is 7.11 Å². The molecule has 1 N–H and O–H groups in total. The second kappa shape index (κ2) is 9.51. The lowest BCUT2D eigenvalue weighted by Gasteiger charge is -2.19. The van der Waals surface area contributed by atoms with Crippen LogP contribution in [0.3, 0.4) is 0 Å². The highest BCUT2D eigenvalue weighted by atomic mass is 16.5. The maximum absolute atomic E-state index is 11.6. The van der Waals surface area contributed by atoms with Gasteiger partial charge in [-0.2, -0.15) is 0 Å². The third-order valence-corrected chi connectivity index (χ3v) is 4.38. The van der Waals surface area contributed by atoms with Crippen molar-refractivity contribution in [3.63, 3.8) is 0 Å². The Morgan fingerprint density at radius 3 is 2.26 bits per heavy atom. The van der Waals surface area contributed by atoms with Crippen molar-refractivity contribution in [2.45, 2.75) is 12.6 Å². The predicted molar refractivity (Wildman–Crippen MR) is 109 cm³/mol. The Balaban J connectivity index is 1.92. The van der Waals surface area contributed by atoms with Crippen molar-refractivity contribution in [2.24, 2.45) is 0 Å². The summed E-state index contributed by atoms with van der Waals surface area (Å²) in [4.78, 5) is 11.6. The molecule has 0 aromatic heterocycles. The summed E-state index contributed by atoms with van der Waals surface area (Å²) in [6.45, 7) is 0.695. The Kier molecular flexibility index (Phi) is 6.55. The van der Waals surface area contributed by atoms with E-state index in [1.54, 1.807) is 0 Å². The van der Waals surface area contributed by atoms with Crippen molar-refractivity contribution >= 4 is 5.97 Å². The first-order valence-corrected chi connectivity index (χ1v) is 8.96. The van der Waals surface area contributed by atoms with Gasteiger partial charge in [0.1, 0.15) is 0 Å². The van der Waals surface area contributed by atoms with E-state index in [0.29, 0.717) is 6.54 Å². The van der Waals surface area contributed by atoms with Crippen LogP contribution in [0, 0.1) is 0 Å². The highest BCUT2D eigenvalue weighted by Gasteiger charge is 2.14. The SMILES string of the molecule is COC(=O)/C=C/[C@@H](NCc1ccccc1)c1ccccc1-c1ccccc1. The molecule has 0 heterocycles. The maximum Gasteiger partial charge on any atom is 0.330 e. The van der Waals surface area contributed by atoms with Gasteiger partial charge in [-0.1, -0.05) is 91.0 Å². The first-order chi connectivity index (χ1) is 13.3. The molecular formula is C24H23NO2. The van der Waals surface area contributed by atoms with Crippen LogP contribution in [0.4, 0.5) is 0 Å². The highest BCUT2D eigenvalue weighted by molar-refractivity contribution is 5.82. The van der Waals surface area contributed by atoms with E-state index in [1.807, 2.05) is 54.6 Å². The summed E-state index contributed by atoms with van der Waals surface area (Å²) in [5.74, 6) is -0.362. The number of nitrogens with one attached hydrogen (secondary N) is 1. The Bertz CT molecular complexity index is 889. The summed E-state index contributed by atoms with van der Waals surface area (Å²) in [7, 11) is 1.39. The summed E-state index contributed by atoms with van der Waals surface area (Å²) >= 11 is 0. The van der Waals surface area contributed by atoms with Crippen LogP contribution in [0.2, 0.25) is 0 Å². The molecule has 0 saturated heterocycles. The van der Waals surface area contributed by atoms with Gasteiger partial charge in [-0.3, -0.25) is 0 Å². The van der Waals surface area contributed by atoms with Crippen LogP contribution >= 0.6 is 0 Å². The Morgan fingerprint density at radius 1 is 0.926 bits per heavy atom. The minimum Gasteiger partial charge on any atom is -0.466 e. The summed E-state index contributed by atoms with van der Waals surface area (Å²) < 4.78 is 4.76. The summed E-state index contributed by atoms with van der Waals surface area (Å²) in [6, 6.07) is 28.6. The molecule has 3 heteroatoms. The monoisotopic (exact) mass is 357 g/mol. The molecule has 0 amide bonds. The lowest BCUT2D eigenvalue weighted by atomic mass is 9.94. The molecule has 0 fully saturated rings. The summed E-state index contributed by atoms with van der Waals surface area (Å²) in [5, 5.41) is 3.55. The molecule has 0 aliphatic heterocycles. The third kappa shape index (κ3) is 5.16. The van der Waals surface area contributed by atoms with Gasteiger partial charge < -0.3 is 10.1 Å². The van der Waals surface area contributed by atoms with E-state index in [-0.39, 0.29) is 12.0 Å². The second-order valence-corrected chi connectivity index (χ2v) is 6.18. The van der Waals surface area contributed by atoms with E-state index in [4.69, 9.17) is 4.74 Å². The topological polar surface area (TPSA) is 38.3 Å². The molecule has 0 aliphatic rings. The average molecular weight is 357 g/mol. The smallest absolute Gasteiger partial charge is 0.330 e. The van der Waals surface area contributed by atoms with E-state index in [2.05, 4.69) is 41.7 Å². The number of carbonyl (C=O) groups is 1. The van der Waals surface area contributed by atoms with E-state index >= 15 is 0 Å². The zero-order valence-electron chi connectivity index (χ0n) is 15.3. The third-order valence-electron chi connectivity index (χ3n) is 4.38. The van der Waals surface area contributed by atoms with Crippen LogP contribution in [-0.2, 0) is 16.1 Å². The summed E-state index contributed by atoms with van der Waals surface area (Å²) in [6.07, 6.45) is 3.33. The number of hydrogen-bond acceptors (Lipinski definition) is 3. The molecule has 0 bridgehead atoms. The lowest BCUT2D eigenvalue weighted by Crippen LogP contribution is -2.20. The van der Waals surface area contributed by atoms with E-state index in [1.165, 1.54) is 18.7 Å². The van der Waals surface area contributed by atoms with Gasteiger partial charge in [0.25, 0.3) is 0 Å². The lowest BCUT2D eigenvalue weighted by molar-refractivity contribution is -0.134. The molecule has 0 unspecified atom stereocenters. The largest absolute Gasteiger partial charge is 0.466 e. The molecule has 3 nitrogen and oxygen atoms in total. The summed E-state index contributed by atoms with van der Waals surface area (Å²) in [5.41, 5.74) is 4.58. The van der Waals surface area contributed by atoms with E-state index < -0.39 is 0 Å². The minimum atomic E-state index is -0.362. The molecule has 0 radical (unpaired) electrons. The predicted octanol–water partition coefficient (Wildman–Crippen LogP) is 4.91. The van der Waals surface area contributed by atoms with Crippen molar-refractivity contribution in [3.8, 4) is 11.1 Å². The normalized spacial score (nSPS) is 12.0. The van der Waals surface area contributed by atoms with E-state index in [0.717, 1.165) is 16.7 Å². The number of hydrogen-bond donors (Lipinski definition) is 1. The fourth-order valence-corrected chi connectivity index (χ4v) is 3.00. The van der Waals surface area contributed by atoms with Gasteiger partial charge >= 0.3 is 5.97 Å². The van der Waals surface area contributed by atoms with Gasteiger partial charge in [0, 0.05) is 12.6 Å². The van der Waals surface area contributed by atoms with Crippen LogP contribution in [-0.4, -0.2) is 13.1 Å². The molecule has 3 aromatic carbocycles. The minimum absolute atomic E-state index is 0.124. The Morgan fingerprint density at radius 2 is 1.56 bits per heavy atom. The van der Waals surface area contributed by atoms with Gasteiger partial charge in [0.15, 0.2) is 0 Å². The van der Waals surface area contributed by atoms with Gasteiger partial charge in [-0.25, -0.2) is 4.79 Å². The Hall–Kier alpha value is -3.17. The number of carbonyl (C=O) groups excluding carboxylic acids is 1. The molecule has 3 rings (SSSR count). The number of benzene rings is 3. The molecular weight excluding hydrogens is 334 g/mol. The molecule has 0 spiro atoms. The quantitative estimate of drug-likeness (QED) is 0.482. The van der Waals surface area contributed by atoms with E-state index in [9.17, 15) is 4.79 Å². The fraction of sp³-hybridized carbons (Fsp3) is 0.125. The van der Waals surface area contributed by atoms with Crippen molar-refractivity contribution in [1.82, 2.24) is 5.32 Å². The second-order valence-electron chi connectivity index (χ2n) is 6.18. The first kappa shape index (κ1) is 18.6. The first-order valence-electron chi connectivity index (χ1n) is 8.96. The van der Waals surface area contributed by atoms with Crippen LogP contribution in [0.15, 0.2) is 97.1 Å².